The molecule has 2 heterocycles. The summed E-state index contributed by atoms with van der Waals surface area (Å²) in [5.74, 6) is 0.962. The molecule has 0 saturated carbocycles. The first-order valence-electron chi connectivity index (χ1n) is 6.46. The number of benzene rings is 1. The number of anilines is 1. The maximum absolute atomic E-state index is 10.8. The topological polar surface area (TPSA) is 42.7 Å². The van der Waals surface area contributed by atoms with Crippen LogP contribution in [0.25, 0.3) is 11.3 Å². The molecule has 0 unspecified atom stereocenters. The summed E-state index contributed by atoms with van der Waals surface area (Å²) in [5.41, 5.74) is 1.83. The zero-order chi connectivity index (χ0) is 13.9. The molecule has 0 amide bonds. The minimum Gasteiger partial charge on any atom is -0.453 e. The average molecular weight is 292 g/mol. The summed E-state index contributed by atoms with van der Waals surface area (Å²) < 4.78 is 10.9. The summed E-state index contributed by atoms with van der Waals surface area (Å²) in [4.78, 5) is 12.9. The van der Waals surface area contributed by atoms with Crippen LogP contribution >= 0.6 is 11.6 Å². The summed E-state index contributed by atoms with van der Waals surface area (Å²) in [6.07, 6.45) is 0.697. The first kappa shape index (κ1) is 13.2. The number of rotatable bonds is 3. The Morgan fingerprint density at radius 3 is 2.65 bits per heavy atom. The lowest BCUT2D eigenvalue weighted by Crippen LogP contribution is -2.36. The van der Waals surface area contributed by atoms with Gasteiger partial charge in [-0.3, -0.25) is 4.79 Å². The number of hydrogen-bond donors (Lipinski definition) is 0. The van der Waals surface area contributed by atoms with Crippen molar-refractivity contribution in [1.82, 2.24) is 0 Å². The smallest absolute Gasteiger partial charge is 0.185 e. The Labute approximate surface area is 121 Å². The summed E-state index contributed by atoms with van der Waals surface area (Å²) in [6, 6.07) is 9.14. The van der Waals surface area contributed by atoms with Crippen LogP contribution in [0, 0.1) is 0 Å². The van der Waals surface area contributed by atoms with Crippen molar-refractivity contribution < 1.29 is 13.9 Å². The van der Waals surface area contributed by atoms with Crippen molar-refractivity contribution in [3.8, 4) is 11.3 Å². The van der Waals surface area contributed by atoms with E-state index in [0.29, 0.717) is 36.0 Å². The molecule has 1 aromatic heterocycles. The summed E-state index contributed by atoms with van der Waals surface area (Å²) >= 11 is 6.36. The molecule has 0 N–H and O–H groups in total. The number of carbonyl (C=O) groups excluding carboxylic acids is 1. The van der Waals surface area contributed by atoms with Gasteiger partial charge in [0.1, 0.15) is 5.76 Å². The van der Waals surface area contributed by atoms with Crippen LogP contribution in [0.1, 0.15) is 10.6 Å². The molecule has 2 aromatic rings. The molecule has 0 aliphatic carbocycles. The molecular weight excluding hydrogens is 278 g/mol. The van der Waals surface area contributed by atoms with Crippen LogP contribution in [0.2, 0.25) is 5.02 Å². The average Bonchev–Trinajstić information content (AvgIpc) is 2.96. The molecule has 4 nitrogen and oxygen atoms in total. The maximum atomic E-state index is 10.8. The molecular formula is C15H14ClNO3. The number of hydrogen-bond acceptors (Lipinski definition) is 4. The van der Waals surface area contributed by atoms with Crippen LogP contribution in [-0.4, -0.2) is 32.6 Å². The van der Waals surface area contributed by atoms with Crippen LogP contribution in [-0.2, 0) is 4.74 Å². The number of halogens is 1. The summed E-state index contributed by atoms with van der Waals surface area (Å²) in [5, 5.41) is 0.674. The third kappa shape index (κ3) is 2.44. The number of nitrogens with zero attached hydrogens (tertiary/aromatic N) is 1. The molecule has 3 rings (SSSR count). The largest absolute Gasteiger partial charge is 0.453 e. The van der Waals surface area contributed by atoms with Crippen LogP contribution < -0.4 is 4.90 Å². The second-order valence-electron chi connectivity index (χ2n) is 4.56. The molecule has 1 aliphatic rings. The van der Waals surface area contributed by atoms with E-state index in [4.69, 9.17) is 20.8 Å². The van der Waals surface area contributed by atoms with Crippen molar-refractivity contribution in [2.24, 2.45) is 0 Å². The minimum absolute atomic E-state index is 0.313. The van der Waals surface area contributed by atoms with Gasteiger partial charge in [0, 0.05) is 18.7 Å². The maximum Gasteiger partial charge on any atom is 0.185 e. The van der Waals surface area contributed by atoms with Gasteiger partial charge >= 0.3 is 0 Å². The molecule has 104 valence electrons. The second-order valence-corrected chi connectivity index (χ2v) is 4.96. The highest BCUT2D eigenvalue weighted by Crippen LogP contribution is 2.37. The fourth-order valence-corrected chi connectivity index (χ4v) is 2.68. The van der Waals surface area contributed by atoms with Gasteiger partial charge < -0.3 is 14.1 Å². The van der Waals surface area contributed by atoms with Gasteiger partial charge in [0.05, 0.1) is 23.9 Å². The van der Waals surface area contributed by atoms with E-state index in [9.17, 15) is 4.79 Å². The quantitative estimate of drug-likeness (QED) is 0.814. The van der Waals surface area contributed by atoms with Crippen molar-refractivity contribution >= 4 is 23.6 Å². The Hall–Kier alpha value is -1.78. The highest BCUT2D eigenvalue weighted by molar-refractivity contribution is 6.34. The summed E-state index contributed by atoms with van der Waals surface area (Å²) in [7, 11) is 0. The first-order chi connectivity index (χ1) is 9.79. The third-order valence-electron chi connectivity index (χ3n) is 3.32. The highest BCUT2D eigenvalue weighted by atomic mass is 35.5. The molecule has 20 heavy (non-hydrogen) atoms. The lowest BCUT2D eigenvalue weighted by atomic mass is 10.1. The molecule has 0 bridgehead atoms. The van der Waals surface area contributed by atoms with E-state index < -0.39 is 0 Å². The third-order valence-corrected chi connectivity index (χ3v) is 3.63. The van der Waals surface area contributed by atoms with Gasteiger partial charge in [0.25, 0.3) is 0 Å². The molecule has 5 heteroatoms. The van der Waals surface area contributed by atoms with Gasteiger partial charge in [-0.2, -0.15) is 0 Å². The first-order valence-corrected chi connectivity index (χ1v) is 6.84. The van der Waals surface area contributed by atoms with E-state index in [0.717, 1.165) is 24.3 Å². The predicted octanol–water partition coefficient (Wildman–Crippen LogP) is 3.25. The van der Waals surface area contributed by atoms with E-state index in [1.54, 1.807) is 12.1 Å². The standard InChI is InChI=1S/C15H14ClNO3/c16-13-3-1-2-12(14-5-4-11(10-18)20-14)15(13)17-6-8-19-9-7-17/h1-5,10H,6-9H2. The number of aldehydes is 1. The number of ether oxygens (including phenoxy) is 1. The van der Waals surface area contributed by atoms with E-state index >= 15 is 0 Å². The second kappa shape index (κ2) is 5.69. The Kier molecular flexibility index (Phi) is 3.76. The van der Waals surface area contributed by atoms with E-state index in [-0.39, 0.29) is 0 Å². The number of furan rings is 1. The van der Waals surface area contributed by atoms with Crippen LogP contribution in [0.4, 0.5) is 5.69 Å². The van der Waals surface area contributed by atoms with Crippen molar-refractivity contribution in [2.45, 2.75) is 0 Å². The lowest BCUT2D eigenvalue weighted by Gasteiger charge is -2.31. The SMILES string of the molecule is O=Cc1ccc(-c2cccc(Cl)c2N2CCOCC2)o1. The van der Waals surface area contributed by atoms with E-state index in [2.05, 4.69) is 4.90 Å². The van der Waals surface area contributed by atoms with Crippen molar-refractivity contribution in [2.75, 3.05) is 31.2 Å². The van der Waals surface area contributed by atoms with Crippen LogP contribution in [0.15, 0.2) is 34.7 Å². The van der Waals surface area contributed by atoms with Gasteiger partial charge in [0.2, 0.25) is 0 Å². The Morgan fingerprint density at radius 1 is 1.15 bits per heavy atom. The molecule has 1 aliphatic heterocycles. The van der Waals surface area contributed by atoms with Gasteiger partial charge in [-0.15, -0.1) is 0 Å². The van der Waals surface area contributed by atoms with E-state index in [1.807, 2.05) is 18.2 Å². The zero-order valence-corrected chi connectivity index (χ0v) is 11.6. The number of morpholine rings is 1. The van der Waals surface area contributed by atoms with E-state index in [1.165, 1.54) is 0 Å². The summed E-state index contributed by atoms with van der Waals surface area (Å²) in [6.45, 7) is 2.95. The normalized spacial score (nSPS) is 15.3. The number of carbonyl (C=O) groups is 1. The monoisotopic (exact) mass is 291 g/mol. The Balaban J connectivity index is 2.05. The van der Waals surface area contributed by atoms with Crippen molar-refractivity contribution in [3.63, 3.8) is 0 Å². The van der Waals surface area contributed by atoms with Gasteiger partial charge in [-0.25, -0.2) is 0 Å². The van der Waals surface area contributed by atoms with Gasteiger partial charge in [-0.1, -0.05) is 17.7 Å². The predicted molar refractivity (Wildman–Crippen MR) is 77.6 cm³/mol. The number of para-hydroxylation sites is 1. The lowest BCUT2D eigenvalue weighted by molar-refractivity contribution is 0.110. The fraction of sp³-hybridized carbons (Fsp3) is 0.267. The molecule has 0 spiro atoms. The van der Waals surface area contributed by atoms with Gasteiger partial charge in [0.15, 0.2) is 12.0 Å². The molecule has 1 fully saturated rings. The Morgan fingerprint density at radius 2 is 1.95 bits per heavy atom. The minimum atomic E-state index is 0.313. The molecule has 1 aromatic carbocycles. The van der Waals surface area contributed by atoms with Gasteiger partial charge in [-0.05, 0) is 24.3 Å². The fourth-order valence-electron chi connectivity index (χ4n) is 2.38. The van der Waals surface area contributed by atoms with Crippen LogP contribution in [0.3, 0.4) is 0 Å². The highest BCUT2D eigenvalue weighted by Gasteiger charge is 2.20. The molecule has 0 radical (unpaired) electrons. The van der Waals surface area contributed by atoms with Crippen molar-refractivity contribution in [3.05, 3.63) is 41.1 Å². The van der Waals surface area contributed by atoms with Crippen LogP contribution in [0.5, 0.6) is 0 Å². The molecule has 1 saturated heterocycles. The molecule has 0 atom stereocenters. The Bertz CT molecular complexity index is 617. The van der Waals surface area contributed by atoms with Crippen molar-refractivity contribution in [1.29, 1.82) is 0 Å². The zero-order valence-electron chi connectivity index (χ0n) is 10.8.